The van der Waals surface area contributed by atoms with Gasteiger partial charge >= 0.3 is 10.1 Å². The van der Waals surface area contributed by atoms with Gasteiger partial charge in [0.1, 0.15) is 4.90 Å². The zero-order chi connectivity index (χ0) is 16.2. The molecule has 116 valence electrons. The maximum Gasteiger partial charge on any atom is 0.339 e. The summed E-state index contributed by atoms with van der Waals surface area (Å²) in [6, 6.07) is 10.8. The highest BCUT2D eigenvalue weighted by molar-refractivity contribution is 9.10. The summed E-state index contributed by atoms with van der Waals surface area (Å²) in [5, 5.41) is 11.5. The first-order chi connectivity index (χ1) is 10.5. The first-order valence-corrected chi connectivity index (χ1v) is 8.22. The van der Waals surface area contributed by atoms with Crippen molar-refractivity contribution in [3.8, 4) is 11.5 Å². The molecule has 22 heavy (non-hydrogen) atoms. The minimum Gasteiger partial charge on any atom is -0.493 e. The normalized spacial score (nSPS) is 11.5. The van der Waals surface area contributed by atoms with Crippen LogP contribution in [0.25, 0.3) is 0 Å². The Balaban J connectivity index is 2.45. The fraction of sp³-hybridized carbons (Fsp3) is 0.0714. The highest BCUT2D eigenvalue weighted by Crippen LogP contribution is 2.38. The van der Waals surface area contributed by atoms with E-state index in [-0.39, 0.29) is 16.4 Å². The molecule has 2 rings (SSSR count). The van der Waals surface area contributed by atoms with Crippen molar-refractivity contribution >= 4 is 32.3 Å². The predicted octanol–water partition coefficient (Wildman–Crippen LogP) is 3.03. The molecule has 0 radical (unpaired) electrons. The molecule has 0 unspecified atom stereocenters. The third kappa shape index (κ3) is 3.58. The van der Waals surface area contributed by atoms with Crippen molar-refractivity contribution in [2.24, 2.45) is 5.16 Å². The molecule has 0 amide bonds. The van der Waals surface area contributed by atoms with Gasteiger partial charge in [0, 0.05) is 5.56 Å². The zero-order valence-corrected chi connectivity index (χ0v) is 13.8. The Kier molecular flexibility index (Phi) is 5.04. The number of hydrogen-bond acceptors (Lipinski definition) is 6. The Hall–Kier alpha value is -2.06. The maximum atomic E-state index is 12.3. The van der Waals surface area contributed by atoms with Crippen molar-refractivity contribution < 1.29 is 22.5 Å². The molecule has 0 aliphatic carbocycles. The van der Waals surface area contributed by atoms with Crippen molar-refractivity contribution in [2.75, 3.05) is 7.11 Å². The van der Waals surface area contributed by atoms with Crippen LogP contribution in [0.4, 0.5) is 0 Å². The number of nitrogens with zero attached hydrogens (tertiary/aromatic N) is 1. The predicted molar refractivity (Wildman–Crippen MR) is 84.3 cm³/mol. The van der Waals surface area contributed by atoms with E-state index in [1.165, 1.54) is 37.6 Å². The Labute approximate surface area is 136 Å². The Morgan fingerprint density at radius 3 is 2.50 bits per heavy atom. The van der Waals surface area contributed by atoms with E-state index < -0.39 is 10.1 Å². The number of oxime groups is 1. The number of methoxy groups -OCH3 is 1. The average molecular weight is 386 g/mol. The number of ether oxygens (including phenoxy) is 1. The lowest BCUT2D eigenvalue weighted by Gasteiger charge is -2.13. The summed E-state index contributed by atoms with van der Waals surface area (Å²) >= 11 is 3.22. The second-order valence-corrected chi connectivity index (χ2v) is 6.53. The quantitative estimate of drug-likeness (QED) is 0.370. The largest absolute Gasteiger partial charge is 0.493 e. The molecule has 0 bridgehead atoms. The van der Waals surface area contributed by atoms with Gasteiger partial charge in [0.05, 0.1) is 17.8 Å². The minimum absolute atomic E-state index is 0.0152. The summed E-state index contributed by atoms with van der Waals surface area (Å²) < 4.78 is 35.2. The summed E-state index contributed by atoms with van der Waals surface area (Å²) in [6.07, 6.45) is 1.18. The Morgan fingerprint density at radius 1 is 1.23 bits per heavy atom. The molecule has 8 heteroatoms. The molecule has 0 fully saturated rings. The average Bonchev–Trinajstić information content (AvgIpc) is 2.51. The van der Waals surface area contributed by atoms with Gasteiger partial charge in [-0.3, -0.25) is 0 Å². The Bertz CT molecular complexity index is 790. The molecule has 6 nitrogen and oxygen atoms in total. The van der Waals surface area contributed by atoms with Crippen molar-refractivity contribution in [3.63, 3.8) is 0 Å². The number of hydrogen-bond donors (Lipinski definition) is 1. The van der Waals surface area contributed by atoms with Crippen LogP contribution < -0.4 is 8.92 Å². The van der Waals surface area contributed by atoms with E-state index in [4.69, 9.17) is 14.1 Å². The van der Waals surface area contributed by atoms with Crippen LogP contribution in [-0.4, -0.2) is 26.9 Å². The van der Waals surface area contributed by atoms with Crippen LogP contribution in [0, 0.1) is 0 Å². The summed E-state index contributed by atoms with van der Waals surface area (Å²) in [7, 11) is -2.61. The van der Waals surface area contributed by atoms with Crippen LogP contribution in [-0.2, 0) is 10.1 Å². The fourth-order valence-electron chi connectivity index (χ4n) is 1.71. The number of halogens is 1. The van der Waals surface area contributed by atoms with Crippen molar-refractivity contribution in [2.45, 2.75) is 4.90 Å². The van der Waals surface area contributed by atoms with E-state index in [1.54, 1.807) is 18.2 Å². The molecular weight excluding hydrogens is 374 g/mol. The van der Waals surface area contributed by atoms with Gasteiger partial charge in [-0.25, -0.2) is 0 Å². The third-order valence-electron chi connectivity index (χ3n) is 2.68. The molecule has 0 saturated carbocycles. The molecule has 0 atom stereocenters. The monoisotopic (exact) mass is 385 g/mol. The fourth-order valence-corrected chi connectivity index (χ4v) is 3.33. The number of benzene rings is 2. The molecule has 0 saturated heterocycles. The van der Waals surface area contributed by atoms with E-state index in [9.17, 15) is 8.42 Å². The highest BCUT2D eigenvalue weighted by Gasteiger charge is 2.21. The van der Waals surface area contributed by atoms with Crippen LogP contribution >= 0.6 is 15.9 Å². The lowest BCUT2D eigenvalue weighted by atomic mass is 10.2. The van der Waals surface area contributed by atoms with Gasteiger partial charge in [-0.1, -0.05) is 23.4 Å². The van der Waals surface area contributed by atoms with Gasteiger partial charge < -0.3 is 14.1 Å². The molecule has 2 aromatic rings. The van der Waals surface area contributed by atoms with Crippen LogP contribution in [0.1, 0.15) is 5.56 Å². The molecule has 0 spiro atoms. The lowest BCUT2D eigenvalue weighted by Crippen LogP contribution is -2.11. The molecule has 0 heterocycles. The maximum absolute atomic E-state index is 12.3. The van der Waals surface area contributed by atoms with E-state index in [0.29, 0.717) is 10.0 Å². The van der Waals surface area contributed by atoms with Gasteiger partial charge in [0.15, 0.2) is 11.5 Å². The Morgan fingerprint density at radius 2 is 1.91 bits per heavy atom. The molecule has 0 aromatic heterocycles. The van der Waals surface area contributed by atoms with Gasteiger partial charge in [0.25, 0.3) is 0 Å². The van der Waals surface area contributed by atoms with Gasteiger partial charge in [0.2, 0.25) is 0 Å². The van der Waals surface area contributed by atoms with E-state index in [1.807, 2.05) is 0 Å². The second kappa shape index (κ2) is 6.80. The van der Waals surface area contributed by atoms with Crippen molar-refractivity contribution in [1.82, 2.24) is 0 Å². The van der Waals surface area contributed by atoms with Gasteiger partial charge in [-0.2, -0.15) is 8.42 Å². The number of rotatable bonds is 5. The first kappa shape index (κ1) is 16.3. The minimum atomic E-state index is -3.99. The molecule has 2 aromatic carbocycles. The SMILES string of the molecule is COc1cc(/C=N\O)cc(Br)c1OS(=O)(=O)c1ccccc1. The van der Waals surface area contributed by atoms with E-state index in [0.717, 1.165) is 0 Å². The van der Waals surface area contributed by atoms with Gasteiger partial charge in [-0.05, 0) is 40.2 Å². The zero-order valence-electron chi connectivity index (χ0n) is 11.4. The van der Waals surface area contributed by atoms with Crippen LogP contribution in [0.3, 0.4) is 0 Å². The summed E-state index contributed by atoms with van der Waals surface area (Å²) in [4.78, 5) is 0.0324. The molecule has 1 N–H and O–H groups in total. The third-order valence-corrected chi connectivity index (χ3v) is 4.51. The summed E-state index contributed by atoms with van der Waals surface area (Å²) in [5.41, 5.74) is 0.510. The van der Waals surface area contributed by atoms with Crippen LogP contribution in [0.15, 0.2) is 57.0 Å². The second-order valence-electron chi connectivity index (χ2n) is 4.13. The molecular formula is C14H12BrNO5S. The van der Waals surface area contributed by atoms with E-state index in [2.05, 4.69) is 21.1 Å². The first-order valence-electron chi connectivity index (χ1n) is 6.02. The molecule has 0 aliphatic heterocycles. The smallest absolute Gasteiger partial charge is 0.339 e. The van der Waals surface area contributed by atoms with Crippen molar-refractivity contribution in [3.05, 3.63) is 52.5 Å². The summed E-state index contributed by atoms with van der Waals surface area (Å²) in [5.74, 6) is 0.199. The van der Waals surface area contributed by atoms with Crippen molar-refractivity contribution in [1.29, 1.82) is 0 Å². The molecule has 0 aliphatic rings. The van der Waals surface area contributed by atoms with Gasteiger partial charge in [-0.15, -0.1) is 0 Å². The van der Waals surface area contributed by atoms with Crippen LogP contribution in [0.2, 0.25) is 0 Å². The van der Waals surface area contributed by atoms with E-state index >= 15 is 0 Å². The standard InChI is InChI=1S/C14H12BrNO5S/c1-20-13-8-10(9-16-17)7-12(15)14(13)21-22(18,19)11-5-3-2-4-6-11/h2-9,17H,1H3/b16-9-. The lowest BCUT2D eigenvalue weighted by molar-refractivity contribution is 0.322. The summed E-state index contributed by atoms with van der Waals surface area (Å²) in [6.45, 7) is 0. The topological polar surface area (TPSA) is 85.2 Å². The van der Waals surface area contributed by atoms with Crippen LogP contribution in [0.5, 0.6) is 11.5 Å². The highest BCUT2D eigenvalue weighted by atomic mass is 79.9.